The molecule has 2 aromatic rings. The van der Waals surface area contributed by atoms with Gasteiger partial charge in [0, 0.05) is 5.69 Å². The van der Waals surface area contributed by atoms with E-state index >= 15 is 0 Å². The van der Waals surface area contributed by atoms with E-state index in [4.69, 9.17) is 0 Å². The summed E-state index contributed by atoms with van der Waals surface area (Å²) in [7, 11) is -3.26. The first-order chi connectivity index (χ1) is 12.9. The summed E-state index contributed by atoms with van der Waals surface area (Å²) in [5, 5.41) is 2.04. The molecule has 0 unspecified atom stereocenters. The lowest BCUT2D eigenvalue weighted by molar-refractivity contribution is -0.933. The molecule has 0 bridgehead atoms. The van der Waals surface area contributed by atoms with Crippen molar-refractivity contribution >= 4 is 27.0 Å². The van der Waals surface area contributed by atoms with Gasteiger partial charge in [0.2, 0.25) is 10.0 Å². The molecule has 0 saturated carbocycles. The maximum absolute atomic E-state index is 13.2. The molecule has 0 spiro atoms. The summed E-state index contributed by atoms with van der Waals surface area (Å²) in [5.74, 6) is -0.139. The van der Waals surface area contributed by atoms with Crippen LogP contribution in [0.4, 0.5) is 10.1 Å². The molecule has 1 aliphatic heterocycles. The maximum atomic E-state index is 13.2. The quantitative estimate of drug-likeness (QED) is 0.727. The van der Waals surface area contributed by atoms with Crippen LogP contribution in [0.1, 0.15) is 24.8 Å². The van der Waals surface area contributed by atoms with Gasteiger partial charge in [-0.05, 0) is 49.6 Å². The van der Waals surface area contributed by atoms with Crippen LogP contribution >= 0.6 is 11.3 Å². The van der Waals surface area contributed by atoms with Crippen LogP contribution in [0.15, 0.2) is 41.8 Å². The second kappa shape index (κ2) is 8.68. The number of sulfonamides is 1. The molecular formula is C19H27FN3O2S2+. The highest BCUT2D eigenvalue weighted by molar-refractivity contribution is 7.89. The number of hydrogen-bond donors (Lipinski definition) is 2. The summed E-state index contributed by atoms with van der Waals surface area (Å²) in [6.07, 6.45) is 0. The van der Waals surface area contributed by atoms with E-state index in [2.05, 4.69) is 15.7 Å². The van der Waals surface area contributed by atoms with Gasteiger partial charge >= 0.3 is 0 Å². The van der Waals surface area contributed by atoms with E-state index in [0.717, 1.165) is 31.9 Å². The van der Waals surface area contributed by atoms with E-state index in [1.807, 2.05) is 30.5 Å². The number of benzene rings is 1. The van der Waals surface area contributed by atoms with Crippen LogP contribution in [0, 0.1) is 5.82 Å². The van der Waals surface area contributed by atoms with Gasteiger partial charge in [-0.3, -0.25) is 0 Å². The van der Waals surface area contributed by atoms with Gasteiger partial charge in [-0.2, -0.15) is 0 Å². The molecule has 8 heteroatoms. The summed E-state index contributed by atoms with van der Waals surface area (Å²) in [6.45, 7) is 7.13. The zero-order valence-corrected chi connectivity index (χ0v) is 17.3. The Morgan fingerprint density at radius 1 is 1.22 bits per heavy atom. The van der Waals surface area contributed by atoms with Crippen molar-refractivity contribution in [2.45, 2.75) is 25.9 Å². The van der Waals surface area contributed by atoms with Gasteiger partial charge in [-0.15, -0.1) is 11.3 Å². The SMILES string of the molecule is CCS(=O)(=O)N[C@@H](C)[C@H](c1cccs1)[NH+]1CCN(c2ccc(F)cc2)CC1. The monoisotopic (exact) mass is 412 g/mol. The Morgan fingerprint density at radius 3 is 2.44 bits per heavy atom. The van der Waals surface area contributed by atoms with Crippen molar-refractivity contribution in [1.29, 1.82) is 0 Å². The largest absolute Gasteiger partial charge is 0.360 e. The Bertz CT molecular complexity index is 817. The summed E-state index contributed by atoms with van der Waals surface area (Å²) < 4.78 is 40.1. The van der Waals surface area contributed by atoms with Gasteiger partial charge in [0.1, 0.15) is 11.9 Å². The Hall–Kier alpha value is -1.48. The van der Waals surface area contributed by atoms with Crippen LogP contribution in [-0.4, -0.2) is 46.4 Å². The molecule has 1 saturated heterocycles. The number of quaternary nitrogens is 1. The molecule has 0 amide bonds. The molecule has 1 aromatic carbocycles. The maximum Gasteiger partial charge on any atom is 0.211 e. The van der Waals surface area contributed by atoms with Crippen molar-refractivity contribution < 1.29 is 17.7 Å². The fraction of sp³-hybridized carbons (Fsp3) is 0.474. The first-order valence-electron chi connectivity index (χ1n) is 9.28. The van der Waals surface area contributed by atoms with Crippen molar-refractivity contribution in [1.82, 2.24) is 4.72 Å². The molecule has 2 heterocycles. The van der Waals surface area contributed by atoms with E-state index in [9.17, 15) is 12.8 Å². The van der Waals surface area contributed by atoms with Crippen LogP contribution in [0.3, 0.4) is 0 Å². The van der Waals surface area contributed by atoms with Gasteiger partial charge in [-0.1, -0.05) is 6.07 Å². The average Bonchev–Trinajstić information content (AvgIpc) is 3.17. The number of anilines is 1. The Morgan fingerprint density at radius 2 is 1.89 bits per heavy atom. The smallest absolute Gasteiger partial charge is 0.211 e. The van der Waals surface area contributed by atoms with Crippen molar-refractivity contribution in [3.63, 3.8) is 0 Å². The molecule has 2 atom stereocenters. The first-order valence-corrected chi connectivity index (χ1v) is 11.8. The topological polar surface area (TPSA) is 53.9 Å². The van der Waals surface area contributed by atoms with Crippen LogP contribution in [0.5, 0.6) is 0 Å². The Kier molecular flexibility index (Phi) is 6.52. The van der Waals surface area contributed by atoms with Gasteiger partial charge < -0.3 is 9.80 Å². The number of rotatable bonds is 7. The zero-order chi connectivity index (χ0) is 19.4. The first kappa shape index (κ1) is 20.3. The van der Waals surface area contributed by atoms with Gasteiger partial charge in [0.25, 0.3) is 0 Å². The van der Waals surface area contributed by atoms with Crippen molar-refractivity contribution in [3.05, 3.63) is 52.5 Å². The predicted octanol–water partition coefficient (Wildman–Crippen LogP) is 1.66. The Balaban J connectivity index is 1.72. The molecule has 1 fully saturated rings. The van der Waals surface area contributed by atoms with E-state index in [0.29, 0.717) is 0 Å². The molecule has 0 aliphatic carbocycles. The molecule has 5 nitrogen and oxygen atoms in total. The van der Waals surface area contributed by atoms with E-state index in [1.54, 1.807) is 18.3 Å². The molecule has 148 valence electrons. The Labute approximate surface area is 164 Å². The minimum atomic E-state index is -3.26. The molecule has 0 radical (unpaired) electrons. The second-order valence-electron chi connectivity index (χ2n) is 6.92. The average molecular weight is 413 g/mol. The fourth-order valence-electron chi connectivity index (χ4n) is 3.72. The van der Waals surface area contributed by atoms with Crippen molar-refractivity contribution in [2.24, 2.45) is 0 Å². The highest BCUT2D eigenvalue weighted by atomic mass is 32.2. The normalized spacial score (nSPS) is 18.4. The third-order valence-electron chi connectivity index (χ3n) is 5.13. The standard InChI is InChI=1S/C19H26FN3O2S2/c1-3-27(24,25)21-15(2)19(18-5-4-14-26-18)23-12-10-22(11-13-23)17-8-6-16(20)7-9-17/h4-9,14-15,19,21H,3,10-13H2,1-2H3/p+1/t15-,19+/m0/s1. The van der Waals surface area contributed by atoms with Crippen LogP contribution in [0.25, 0.3) is 0 Å². The highest BCUT2D eigenvalue weighted by Crippen LogP contribution is 2.21. The second-order valence-corrected chi connectivity index (χ2v) is 9.95. The number of nitrogens with one attached hydrogen (secondary N) is 2. The summed E-state index contributed by atoms with van der Waals surface area (Å²) >= 11 is 1.67. The summed E-state index contributed by atoms with van der Waals surface area (Å²) in [6, 6.07) is 10.6. The molecular weight excluding hydrogens is 385 g/mol. The minimum Gasteiger partial charge on any atom is -0.360 e. The van der Waals surface area contributed by atoms with Crippen LogP contribution in [0.2, 0.25) is 0 Å². The lowest BCUT2D eigenvalue weighted by Gasteiger charge is -2.39. The third kappa shape index (κ3) is 5.07. The number of thiophene rings is 1. The zero-order valence-electron chi connectivity index (χ0n) is 15.7. The van der Waals surface area contributed by atoms with E-state index < -0.39 is 10.0 Å². The molecule has 2 N–H and O–H groups in total. The minimum absolute atomic E-state index is 0.0849. The van der Waals surface area contributed by atoms with Crippen LogP contribution in [-0.2, 0) is 10.0 Å². The van der Waals surface area contributed by atoms with Crippen molar-refractivity contribution in [2.75, 3.05) is 36.8 Å². The van der Waals surface area contributed by atoms with Crippen LogP contribution < -0.4 is 14.5 Å². The fourth-order valence-corrected chi connectivity index (χ4v) is 5.58. The third-order valence-corrected chi connectivity index (χ3v) is 7.58. The molecule has 27 heavy (non-hydrogen) atoms. The van der Waals surface area contributed by atoms with Crippen molar-refractivity contribution in [3.8, 4) is 0 Å². The van der Waals surface area contributed by atoms with E-state index in [-0.39, 0.29) is 23.7 Å². The lowest BCUT2D eigenvalue weighted by atomic mass is 10.1. The highest BCUT2D eigenvalue weighted by Gasteiger charge is 2.35. The summed E-state index contributed by atoms with van der Waals surface area (Å²) in [5.41, 5.74) is 1.03. The number of nitrogens with zero attached hydrogens (tertiary/aromatic N) is 1. The van der Waals surface area contributed by atoms with Gasteiger partial charge in [0.05, 0.1) is 42.9 Å². The number of piperazine rings is 1. The molecule has 1 aliphatic rings. The van der Waals surface area contributed by atoms with E-state index in [1.165, 1.54) is 21.9 Å². The number of halogens is 1. The number of hydrogen-bond acceptors (Lipinski definition) is 4. The molecule has 1 aromatic heterocycles. The lowest BCUT2D eigenvalue weighted by Crippen LogP contribution is -3.16. The van der Waals surface area contributed by atoms with Gasteiger partial charge in [0.15, 0.2) is 0 Å². The molecule has 3 rings (SSSR count). The summed E-state index contributed by atoms with van der Waals surface area (Å²) in [4.78, 5) is 4.84. The van der Waals surface area contributed by atoms with Gasteiger partial charge in [-0.25, -0.2) is 17.5 Å². The predicted molar refractivity (Wildman–Crippen MR) is 108 cm³/mol.